The molecule has 0 bridgehead atoms. The Morgan fingerprint density at radius 1 is 1.16 bits per heavy atom. The minimum Gasteiger partial charge on any atom is -0.496 e. The molecule has 1 amide bonds. The highest BCUT2D eigenvalue weighted by Crippen LogP contribution is 2.38. The second-order valence-electron chi connectivity index (χ2n) is 8.24. The van der Waals surface area contributed by atoms with E-state index in [1.54, 1.807) is 7.11 Å². The summed E-state index contributed by atoms with van der Waals surface area (Å²) >= 11 is 0. The molecule has 0 saturated carbocycles. The number of carbonyl (C=O) groups is 1. The van der Waals surface area contributed by atoms with Gasteiger partial charge in [-0.25, -0.2) is 0 Å². The van der Waals surface area contributed by atoms with Crippen LogP contribution >= 0.6 is 0 Å². The van der Waals surface area contributed by atoms with Crippen molar-refractivity contribution in [2.24, 2.45) is 0 Å². The third-order valence-electron chi connectivity index (χ3n) is 6.35. The Morgan fingerprint density at radius 3 is 2.75 bits per heavy atom. The van der Waals surface area contributed by atoms with Crippen molar-refractivity contribution < 1.29 is 14.3 Å². The molecule has 2 aromatic carbocycles. The molecule has 0 radical (unpaired) electrons. The molecule has 2 heterocycles. The summed E-state index contributed by atoms with van der Waals surface area (Å²) in [5.74, 6) is 0.755. The fourth-order valence-electron chi connectivity index (χ4n) is 4.60. The zero-order valence-corrected chi connectivity index (χ0v) is 19.0. The minimum atomic E-state index is -0.101. The number of benzene rings is 2. The summed E-state index contributed by atoms with van der Waals surface area (Å²) in [6.45, 7) is 7.04. The first-order valence-corrected chi connectivity index (χ1v) is 11.5. The van der Waals surface area contributed by atoms with Crippen LogP contribution in [0.3, 0.4) is 0 Å². The number of para-hydroxylation sites is 2. The fourth-order valence-corrected chi connectivity index (χ4v) is 4.60. The maximum Gasteiger partial charge on any atom is 0.220 e. The largest absolute Gasteiger partial charge is 0.496 e. The summed E-state index contributed by atoms with van der Waals surface area (Å²) in [6.07, 6.45) is 3.38. The number of hydrogen-bond donors (Lipinski definition) is 2. The molecule has 1 atom stereocenters. The topological polar surface area (TPSA) is 66.6 Å². The second kappa shape index (κ2) is 10.7. The Hall–Kier alpha value is -2.83. The van der Waals surface area contributed by atoms with Crippen molar-refractivity contribution in [2.45, 2.75) is 25.7 Å². The Labute approximate surface area is 189 Å². The van der Waals surface area contributed by atoms with Crippen LogP contribution in [0.25, 0.3) is 10.9 Å². The first-order chi connectivity index (χ1) is 15.7. The molecular formula is C26H33N3O3. The van der Waals surface area contributed by atoms with Crippen LogP contribution in [0.15, 0.2) is 48.7 Å². The van der Waals surface area contributed by atoms with E-state index < -0.39 is 0 Å². The van der Waals surface area contributed by atoms with Crippen LogP contribution in [0.5, 0.6) is 5.75 Å². The van der Waals surface area contributed by atoms with Gasteiger partial charge in [0.1, 0.15) is 5.75 Å². The third kappa shape index (κ3) is 4.97. The van der Waals surface area contributed by atoms with Crippen LogP contribution in [0.4, 0.5) is 0 Å². The molecule has 4 rings (SSSR count). The van der Waals surface area contributed by atoms with Crippen molar-refractivity contribution in [1.29, 1.82) is 0 Å². The number of rotatable bonds is 9. The van der Waals surface area contributed by atoms with E-state index in [0.717, 1.165) is 61.7 Å². The van der Waals surface area contributed by atoms with Gasteiger partial charge in [-0.1, -0.05) is 43.3 Å². The Bertz CT molecular complexity index is 1040. The molecule has 0 spiro atoms. The van der Waals surface area contributed by atoms with Gasteiger partial charge in [0, 0.05) is 61.2 Å². The van der Waals surface area contributed by atoms with Gasteiger partial charge in [-0.05, 0) is 23.6 Å². The first-order valence-electron chi connectivity index (χ1n) is 11.5. The lowest BCUT2D eigenvalue weighted by Gasteiger charge is -2.26. The van der Waals surface area contributed by atoms with Crippen LogP contribution in [0.2, 0.25) is 0 Å². The SMILES string of the molecule is CCc1cccc2c([C@@H](CC(=O)NCCN3CCOCC3)c3ccccc3OC)c[nH]c12. The Morgan fingerprint density at radius 2 is 1.97 bits per heavy atom. The molecule has 32 heavy (non-hydrogen) atoms. The van der Waals surface area contributed by atoms with Gasteiger partial charge in [0.15, 0.2) is 0 Å². The number of carbonyl (C=O) groups excluding carboxylic acids is 1. The van der Waals surface area contributed by atoms with E-state index in [1.807, 2.05) is 18.2 Å². The van der Waals surface area contributed by atoms with Crippen molar-refractivity contribution in [1.82, 2.24) is 15.2 Å². The number of methoxy groups -OCH3 is 1. The molecule has 2 N–H and O–H groups in total. The number of ether oxygens (including phenoxy) is 2. The zero-order valence-electron chi connectivity index (χ0n) is 19.0. The number of aromatic amines is 1. The second-order valence-corrected chi connectivity index (χ2v) is 8.24. The molecular weight excluding hydrogens is 402 g/mol. The van der Waals surface area contributed by atoms with Gasteiger partial charge >= 0.3 is 0 Å². The van der Waals surface area contributed by atoms with E-state index >= 15 is 0 Å². The Balaban J connectivity index is 1.57. The predicted molar refractivity (Wildman–Crippen MR) is 127 cm³/mol. The van der Waals surface area contributed by atoms with Crippen LogP contribution < -0.4 is 10.1 Å². The average molecular weight is 436 g/mol. The molecule has 1 fully saturated rings. The van der Waals surface area contributed by atoms with Crippen molar-refractivity contribution in [3.05, 3.63) is 65.4 Å². The van der Waals surface area contributed by atoms with Gasteiger partial charge in [-0.3, -0.25) is 9.69 Å². The van der Waals surface area contributed by atoms with Gasteiger partial charge in [0.25, 0.3) is 0 Å². The monoisotopic (exact) mass is 435 g/mol. The molecule has 6 heteroatoms. The van der Waals surface area contributed by atoms with Gasteiger partial charge in [-0.15, -0.1) is 0 Å². The summed E-state index contributed by atoms with van der Waals surface area (Å²) in [6, 6.07) is 14.4. The summed E-state index contributed by atoms with van der Waals surface area (Å²) in [5, 5.41) is 4.30. The first kappa shape index (κ1) is 22.4. The number of fused-ring (bicyclic) bond motifs is 1. The lowest BCUT2D eigenvalue weighted by molar-refractivity contribution is -0.121. The third-order valence-corrected chi connectivity index (χ3v) is 6.35. The van der Waals surface area contributed by atoms with E-state index in [0.29, 0.717) is 13.0 Å². The lowest BCUT2D eigenvalue weighted by Crippen LogP contribution is -2.41. The van der Waals surface area contributed by atoms with Crippen molar-refractivity contribution in [3.63, 3.8) is 0 Å². The number of H-pyrrole nitrogens is 1. The minimum absolute atomic E-state index is 0.0511. The number of nitrogens with zero attached hydrogens (tertiary/aromatic N) is 1. The van der Waals surface area contributed by atoms with Gasteiger partial charge < -0.3 is 19.8 Å². The van der Waals surface area contributed by atoms with E-state index in [4.69, 9.17) is 9.47 Å². The molecule has 6 nitrogen and oxygen atoms in total. The summed E-state index contributed by atoms with van der Waals surface area (Å²) in [7, 11) is 1.68. The highest BCUT2D eigenvalue weighted by Gasteiger charge is 2.24. The molecule has 1 aromatic heterocycles. The van der Waals surface area contributed by atoms with E-state index in [1.165, 1.54) is 10.9 Å². The highest BCUT2D eigenvalue weighted by molar-refractivity contribution is 5.88. The predicted octanol–water partition coefficient (Wildman–Crippen LogP) is 3.71. The Kier molecular flexibility index (Phi) is 7.45. The summed E-state index contributed by atoms with van der Waals surface area (Å²) in [4.78, 5) is 18.8. The molecule has 0 unspecified atom stereocenters. The van der Waals surface area contributed by atoms with Crippen molar-refractivity contribution in [3.8, 4) is 5.75 Å². The summed E-state index contributed by atoms with van der Waals surface area (Å²) < 4.78 is 11.1. The van der Waals surface area contributed by atoms with E-state index in [-0.39, 0.29) is 11.8 Å². The molecule has 1 aliphatic rings. The lowest BCUT2D eigenvalue weighted by atomic mass is 9.87. The van der Waals surface area contributed by atoms with Gasteiger partial charge in [0.05, 0.1) is 20.3 Å². The van der Waals surface area contributed by atoms with Gasteiger partial charge in [0.2, 0.25) is 5.91 Å². The van der Waals surface area contributed by atoms with Crippen LogP contribution in [0.1, 0.15) is 36.0 Å². The van der Waals surface area contributed by atoms with Crippen molar-refractivity contribution in [2.75, 3.05) is 46.5 Å². The van der Waals surface area contributed by atoms with E-state index in [9.17, 15) is 4.79 Å². The smallest absolute Gasteiger partial charge is 0.220 e. The maximum atomic E-state index is 13.0. The highest BCUT2D eigenvalue weighted by atomic mass is 16.5. The number of amides is 1. The molecule has 3 aromatic rings. The van der Waals surface area contributed by atoms with Crippen LogP contribution in [-0.4, -0.2) is 62.3 Å². The van der Waals surface area contributed by atoms with Crippen molar-refractivity contribution >= 4 is 16.8 Å². The number of hydrogen-bond acceptors (Lipinski definition) is 4. The molecule has 0 aliphatic carbocycles. The fraction of sp³-hybridized carbons (Fsp3) is 0.423. The standard InChI is InChI=1S/C26H33N3O3/c1-3-19-7-6-9-21-23(18-28-26(19)21)22(20-8-4-5-10-24(20)31-2)17-25(30)27-11-12-29-13-15-32-16-14-29/h4-10,18,22,28H,3,11-17H2,1-2H3,(H,27,30)/t22-/m0/s1. The molecule has 170 valence electrons. The number of nitrogens with one attached hydrogen (secondary N) is 2. The van der Waals surface area contributed by atoms with Gasteiger partial charge in [-0.2, -0.15) is 0 Å². The summed E-state index contributed by atoms with van der Waals surface area (Å²) in [5.41, 5.74) is 4.59. The van der Waals surface area contributed by atoms with Crippen LogP contribution in [0, 0.1) is 0 Å². The van der Waals surface area contributed by atoms with E-state index in [2.05, 4.69) is 52.6 Å². The quantitative estimate of drug-likeness (QED) is 0.538. The van der Waals surface area contributed by atoms with Crippen LogP contribution in [-0.2, 0) is 16.0 Å². The normalized spacial score (nSPS) is 15.6. The molecule has 1 aliphatic heterocycles. The number of morpholine rings is 1. The maximum absolute atomic E-state index is 13.0. The number of aromatic nitrogens is 1. The molecule has 1 saturated heterocycles. The zero-order chi connectivity index (χ0) is 22.3. The number of aryl methyl sites for hydroxylation is 1. The average Bonchev–Trinajstić information content (AvgIpc) is 3.27.